The van der Waals surface area contributed by atoms with Crippen LogP contribution in [-0.4, -0.2) is 33.2 Å². The van der Waals surface area contributed by atoms with Crippen LogP contribution in [0.4, 0.5) is 4.79 Å². The van der Waals surface area contributed by atoms with Crippen molar-refractivity contribution in [3.63, 3.8) is 0 Å². The number of imide groups is 1. The van der Waals surface area contributed by atoms with E-state index in [2.05, 4.69) is 0 Å². The summed E-state index contributed by atoms with van der Waals surface area (Å²) >= 11 is 0.758. The number of nitrogens with zero attached hydrogens (tertiary/aromatic N) is 1. The van der Waals surface area contributed by atoms with Gasteiger partial charge in [-0.25, -0.2) is 4.79 Å². The van der Waals surface area contributed by atoms with E-state index in [1.165, 1.54) is 6.92 Å². The Morgan fingerprint density at radius 1 is 1.32 bits per heavy atom. The summed E-state index contributed by atoms with van der Waals surface area (Å²) in [4.78, 5) is 35.6. The quantitative estimate of drug-likeness (QED) is 0.857. The third-order valence-corrected chi connectivity index (χ3v) is 3.55. The van der Waals surface area contributed by atoms with Crippen LogP contribution in [-0.2, 0) is 9.59 Å². The first-order chi connectivity index (χ1) is 9.00. The molecule has 0 aliphatic carbocycles. The smallest absolute Gasteiger partial charge is 0.326 e. The van der Waals surface area contributed by atoms with Crippen molar-refractivity contribution in [2.45, 2.75) is 13.0 Å². The van der Waals surface area contributed by atoms with Crippen LogP contribution in [0, 0.1) is 0 Å². The Bertz CT molecular complexity index is 567. The van der Waals surface area contributed by atoms with Gasteiger partial charge in [0.1, 0.15) is 6.04 Å². The monoisotopic (exact) mass is 277 g/mol. The third-order valence-electron chi connectivity index (χ3n) is 2.67. The van der Waals surface area contributed by atoms with Crippen molar-refractivity contribution < 1.29 is 19.5 Å². The van der Waals surface area contributed by atoms with E-state index in [0.717, 1.165) is 22.2 Å². The molecule has 1 heterocycles. The molecule has 1 saturated heterocycles. The van der Waals surface area contributed by atoms with Crippen molar-refractivity contribution in [2.75, 3.05) is 0 Å². The summed E-state index contributed by atoms with van der Waals surface area (Å²) in [6.45, 7) is 1.31. The molecule has 2 rings (SSSR count). The predicted octanol–water partition coefficient (Wildman–Crippen LogP) is 2.20. The Kier molecular flexibility index (Phi) is 3.71. The second-order valence-corrected chi connectivity index (χ2v) is 4.97. The van der Waals surface area contributed by atoms with Gasteiger partial charge in [-0.15, -0.1) is 0 Å². The number of amides is 2. The maximum Gasteiger partial charge on any atom is 0.326 e. The minimum Gasteiger partial charge on any atom is -0.480 e. The van der Waals surface area contributed by atoms with E-state index in [1.807, 2.05) is 18.2 Å². The van der Waals surface area contributed by atoms with Gasteiger partial charge < -0.3 is 5.11 Å². The zero-order valence-corrected chi connectivity index (χ0v) is 10.9. The van der Waals surface area contributed by atoms with Crippen LogP contribution in [0.5, 0.6) is 0 Å². The molecule has 98 valence electrons. The molecule has 1 fully saturated rings. The first-order valence-corrected chi connectivity index (χ1v) is 6.37. The predicted molar refractivity (Wildman–Crippen MR) is 71.3 cm³/mol. The van der Waals surface area contributed by atoms with E-state index in [4.69, 9.17) is 5.11 Å². The molecule has 0 bridgehead atoms. The Labute approximate surface area is 113 Å². The Morgan fingerprint density at radius 3 is 2.53 bits per heavy atom. The van der Waals surface area contributed by atoms with Gasteiger partial charge in [-0.3, -0.25) is 14.5 Å². The SMILES string of the molecule is C[C@H](C(=O)O)N1C(=O)S/C(=C\c2ccccc2)C1=O. The molecule has 2 amide bonds. The first-order valence-electron chi connectivity index (χ1n) is 5.55. The van der Waals surface area contributed by atoms with Crippen molar-refractivity contribution in [3.8, 4) is 0 Å². The molecule has 1 atom stereocenters. The van der Waals surface area contributed by atoms with Gasteiger partial charge in [-0.1, -0.05) is 30.3 Å². The van der Waals surface area contributed by atoms with E-state index in [9.17, 15) is 14.4 Å². The van der Waals surface area contributed by atoms with Crippen LogP contribution in [0.25, 0.3) is 6.08 Å². The number of carbonyl (C=O) groups excluding carboxylic acids is 2. The molecule has 0 spiro atoms. The van der Waals surface area contributed by atoms with Crippen molar-refractivity contribution in [2.24, 2.45) is 0 Å². The molecule has 0 saturated carbocycles. The van der Waals surface area contributed by atoms with Gasteiger partial charge >= 0.3 is 5.97 Å². The van der Waals surface area contributed by atoms with Gasteiger partial charge in [0.2, 0.25) is 0 Å². The summed E-state index contributed by atoms with van der Waals surface area (Å²) < 4.78 is 0. The Morgan fingerprint density at radius 2 is 1.95 bits per heavy atom. The highest BCUT2D eigenvalue weighted by Crippen LogP contribution is 2.33. The molecule has 0 radical (unpaired) electrons. The fourth-order valence-electron chi connectivity index (χ4n) is 1.62. The maximum atomic E-state index is 12.0. The van der Waals surface area contributed by atoms with E-state index in [-0.39, 0.29) is 4.91 Å². The molecule has 1 N–H and O–H groups in total. The van der Waals surface area contributed by atoms with Crippen molar-refractivity contribution in [1.82, 2.24) is 4.90 Å². The summed E-state index contributed by atoms with van der Waals surface area (Å²) in [5.41, 5.74) is 0.788. The van der Waals surface area contributed by atoms with E-state index < -0.39 is 23.2 Å². The maximum absolute atomic E-state index is 12.0. The number of carboxylic acids is 1. The molecular weight excluding hydrogens is 266 g/mol. The average Bonchev–Trinajstić information content (AvgIpc) is 2.65. The van der Waals surface area contributed by atoms with Gasteiger partial charge in [-0.2, -0.15) is 0 Å². The van der Waals surface area contributed by atoms with E-state index in [1.54, 1.807) is 18.2 Å². The molecule has 1 aromatic rings. The second kappa shape index (κ2) is 5.27. The first kappa shape index (κ1) is 13.4. The van der Waals surface area contributed by atoms with Gasteiger partial charge in [0.25, 0.3) is 11.1 Å². The van der Waals surface area contributed by atoms with Gasteiger partial charge in [-0.05, 0) is 30.3 Å². The molecule has 5 nitrogen and oxygen atoms in total. The number of thioether (sulfide) groups is 1. The standard InChI is InChI=1S/C13H11NO4S/c1-8(12(16)17)14-11(15)10(19-13(14)18)7-9-5-3-2-4-6-9/h2-8H,1H3,(H,16,17)/b10-7-/t8-/m1/s1. The van der Waals surface area contributed by atoms with Crippen molar-refractivity contribution in [3.05, 3.63) is 40.8 Å². The van der Waals surface area contributed by atoms with Crippen LogP contribution in [0.2, 0.25) is 0 Å². The molecule has 0 unspecified atom stereocenters. The summed E-state index contributed by atoms with van der Waals surface area (Å²) in [6.07, 6.45) is 1.58. The molecular formula is C13H11NO4S. The molecule has 1 aliphatic heterocycles. The molecule has 6 heteroatoms. The normalized spacial score (nSPS) is 19.0. The lowest BCUT2D eigenvalue weighted by atomic mass is 10.2. The van der Waals surface area contributed by atoms with E-state index >= 15 is 0 Å². The lowest BCUT2D eigenvalue weighted by Crippen LogP contribution is -2.41. The van der Waals surface area contributed by atoms with Crippen LogP contribution in [0.15, 0.2) is 35.2 Å². The molecule has 1 aliphatic rings. The molecule has 19 heavy (non-hydrogen) atoms. The Balaban J connectivity index is 2.28. The lowest BCUT2D eigenvalue weighted by Gasteiger charge is -2.16. The minimum atomic E-state index is -1.21. The zero-order chi connectivity index (χ0) is 14.0. The summed E-state index contributed by atoms with van der Waals surface area (Å²) in [6, 6.07) is 7.92. The van der Waals surface area contributed by atoms with Crippen LogP contribution < -0.4 is 0 Å². The highest BCUT2D eigenvalue weighted by Gasteiger charge is 2.40. The van der Waals surface area contributed by atoms with Crippen LogP contribution >= 0.6 is 11.8 Å². The molecule has 1 aromatic carbocycles. The Hall–Kier alpha value is -2.08. The summed E-state index contributed by atoms with van der Waals surface area (Å²) in [5, 5.41) is 8.33. The van der Waals surface area contributed by atoms with E-state index in [0.29, 0.717) is 0 Å². The summed E-state index contributed by atoms with van der Waals surface area (Å²) in [7, 11) is 0. The van der Waals surface area contributed by atoms with Gasteiger partial charge in [0.05, 0.1) is 4.91 Å². The highest BCUT2D eigenvalue weighted by molar-refractivity contribution is 8.18. The second-order valence-electron chi connectivity index (χ2n) is 3.98. The fourth-order valence-corrected chi connectivity index (χ4v) is 2.53. The number of hydrogen-bond donors (Lipinski definition) is 1. The lowest BCUT2D eigenvalue weighted by molar-refractivity contribution is -0.145. The topological polar surface area (TPSA) is 74.7 Å². The minimum absolute atomic E-state index is 0.240. The fraction of sp³-hybridized carbons (Fsp3) is 0.154. The number of benzene rings is 1. The average molecular weight is 277 g/mol. The van der Waals surface area contributed by atoms with Gasteiger partial charge in [0.15, 0.2) is 0 Å². The zero-order valence-electron chi connectivity index (χ0n) is 10.1. The third kappa shape index (κ3) is 2.68. The number of rotatable bonds is 3. The van der Waals surface area contributed by atoms with Crippen molar-refractivity contribution in [1.29, 1.82) is 0 Å². The number of carboxylic acid groups (broad SMARTS) is 1. The van der Waals surface area contributed by atoms with Crippen LogP contribution in [0.1, 0.15) is 12.5 Å². The summed E-state index contributed by atoms with van der Waals surface area (Å²) in [5.74, 6) is -1.77. The van der Waals surface area contributed by atoms with Crippen molar-refractivity contribution >= 4 is 35.0 Å². The van der Waals surface area contributed by atoms with Crippen LogP contribution in [0.3, 0.4) is 0 Å². The number of hydrogen-bond acceptors (Lipinski definition) is 4. The van der Waals surface area contributed by atoms with Gasteiger partial charge in [0, 0.05) is 0 Å². The largest absolute Gasteiger partial charge is 0.480 e. The molecule has 0 aromatic heterocycles. The highest BCUT2D eigenvalue weighted by atomic mass is 32.2. The number of carbonyl (C=O) groups is 3. The number of aliphatic carboxylic acids is 1.